The molecule has 0 aromatic heterocycles. The molecule has 0 aliphatic rings. The molecule has 0 heterocycles. The minimum Gasteiger partial charge on any atom is -0.384 e. The van der Waals surface area contributed by atoms with Crippen molar-refractivity contribution in [3.8, 4) is 11.8 Å². The molecule has 16 heavy (non-hydrogen) atoms. The third kappa shape index (κ3) is 3.88. The number of anilines is 1. The van der Waals surface area contributed by atoms with E-state index in [-0.39, 0.29) is 0 Å². The lowest BCUT2D eigenvalue weighted by molar-refractivity contribution is 0.185. The number of benzene rings is 1. The lowest BCUT2D eigenvalue weighted by Gasteiger charge is -2.12. The highest BCUT2D eigenvalue weighted by atomic mass is 79.9. The lowest BCUT2D eigenvalue weighted by Crippen LogP contribution is -2.04. The smallest absolute Gasteiger partial charge is 0.0744 e. The topological polar surface area (TPSA) is 21.3 Å². The summed E-state index contributed by atoms with van der Waals surface area (Å²) >= 11 is 3.52. The van der Waals surface area contributed by atoms with Crippen LogP contribution in [0.5, 0.6) is 0 Å². The van der Waals surface area contributed by atoms with Crippen LogP contribution in [0.1, 0.15) is 18.9 Å². The van der Waals surface area contributed by atoms with Gasteiger partial charge in [-0.1, -0.05) is 22.0 Å². The summed E-state index contributed by atoms with van der Waals surface area (Å²) in [6, 6.07) is 6.08. The summed E-state index contributed by atoms with van der Waals surface area (Å²) in [5.74, 6) is 5.91. The van der Waals surface area contributed by atoms with Crippen LogP contribution >= 0.6 is 15.9 Å². The standard InChI is InChI=1S/C13H16BrNO/c1-3-4-5-9-15-13-8-6-7-12(14)11(13)10-16-2/h6-8,15H,5,9-10H2,1-2H3. The maximum atomic E-state index is 5.18. The minimum absolute atomic E-state index is 0.600. The zero-order valence-corrected chi connectivity index (χ0v) is 11.2. The molecular weight excluding hydrogens is 266 g/mol. The Hall–Kier alpha value is -0.980. The van der Waals surface area contributed by atoms with Crippen molar-refractivity contribution >= 4 is 21.6 Å². The molecule has 2 nitrogen and oxygen atoms in total. The highest BCUT2D eigenvalue weighted by Gasteiger charge is 2.05. The molecule has 1 N–H and O–H groups in total. The van der Waals surface area contributed by atoms with Crippen molar-refractivity contribution in [3.05, 3.63) is 28.2 Å². The van der Waals surface area contributed by atoms with E-state index in [4.69, 9.17) is 4.74 Å². The molecule has 0 radical (unpaired) electrons. The average molecular weight is 282 g/mol. The molecule has 86 valence electrons. The van der Waals surface area contributed by atoms with Crippen LogP contribution in [0.15, 0.2) is 22.7 Å². The summed E-state index contributed by atoms with van der Waals surface area (Å²) in [6.45, 7) is 3.31. The van der Waals surface area contributed by atoms with E-state index in [0.717, 1.165) is 28.7 Å². The highest BCUT2D eigenvalue weighted by Crippen LogP contribution is 2.25. The molecule has 0 unspecified atom stereocenters. The molecule has 0 amide bonds. The van der Waals surface area contributed by atoms with E-state index in [9.17, 15) is 0 Å². The van der Waals surface area contributed by atoms with Crippen molar-refractivity contribution < 1.29 is 4.74 Å². The molecule has 0 bridgehead atoms. The van der Waals surface area contributed by atoms with Gasteiger partial charge >= 0.3 is 0 Å². The monoisotopic (exact) mass is 281 g/mol. The Morgan fingerprint density at radius 1 is 1.44 bits per heavy atom. The van der Waals surface area contributed by atoms with Gasteiger partial charge in [-0.25, -0.2) is 0 Å². The molecule has 0 fully saturated rings. The maximum Gasteiger partial charge on any atom is 0.0744 e. The van der Waals surface area contributed by atoms with Gasteiger partial charge in [0.15, 0.2) is 0 Å². The molecule has 3 heteroatoms. The Balaban J connectivity index is 2.69. The Morgan fingerprint density at radius 3 is 2.94 bits per heavy atom. The third-order valence-electron chi connectivity index (χ3n) is 2.15. The van der Waals surface area contributed by atoms with E-state index < -0.39 is 0 Å². The molecule has 1 rings (SSSR count). The van der Waals surface area contributed by atoms with Crippen LogP contribution in [0.2, 0.25) is 0 Å². The zero-order chi connectivity index (χ0) is 11.8. The molecule has 0 saturated heterocycles. The SMILES string of the molecule is CC#CCCNc1cccc(Br)c1COC. The largest absolute Gasteiger partial charge is 0.384 e. The third-order valence-corrected chi connectivity index (χ3v) is 2.89. The second-order valence-electron chi connectivity index (χ2n) is 3.30. The Morgan fingerprint density at radius 2 is 2.25 bits per heavy atom. The van der Waals surface area contributed by atoms with Gasteiger partial charge in [0.25, 0.3) is 0 Å². The first-order valence-electron chi connectivity index (χ1n) is 5.19. The molecule has 0 saturated carbocycles. The zero-order valence-electron chi connectivity index (χ0n) is 9.64. The average Bonchev–Trinajstić information content (AvgIpc) is 2.29. The summed E-state index contributed by atoms with van der Waals surface area (Å²) in [5, 5.41) is 3.36. The van der Waals surface area contributed by atoms with Crippen LogP contribution in [-0.2, 0) is 11.3 Å². The van der Waals surface area contributed by atoms with Crippen LogP contribution in [-0.4, -0.2) is 13.7 Å². The fourth-order valence-electron chi connectivity index (χ4n) is 1.40. The van der Waals surface area contributed by atoms with E-state index in [1.165, 1.54) is 0 Å². The van der Waals surface area contributed by atoms with Gasteiger partial charge in [0, 0.05) is 35.8 Å². The highest BCUT2D eigenvalue weighted by molar-refractivity contribution is 9.10. The lowest BCUT2D eigenvalue weighted by atomic mass is 10.2. The summed E-state index contributed by atoms with van der Waals surface area (Å²) in [4.78, 5) is 0. The van der Waals surface area contributed by atoms with Gasteiger partial charge < -0.3 is 10.1 Å². The quantitative estimate of drug-likeness (QED) is 0.660. The van der Waals surface area contributed by atoms with Crippen LogP contribution in [0, 0.1) is 11.8 Å². The molecule has 1 aromatic carbocycles. The molecule has 0 aliphatic heterocycles. The van der Waals surface area contributed by atoms with E-state index in [2.05, 4.69) is 39.2 Å². The van der Waals surface area contributed by atoms with E-state index in [1.54, 1.807) is 7.11 Å². The van der Waals surface area contributed by atoms with Gasteiger partial charge in [-0.05, 0) is 19.1 Å². The van der Waals surface area contributed by atoms with Crippen LogP contribution < -0.4 is 5.32 Å². The fraction of sp³-hybridized carbons (Fsp3) is 0.385. The van der Waals surface area contributed by atoms with E-state index >= 15 is 0 Å². The number of hydrogen-bond donors (Lipinski definition) is 1. The number of rotatable bonds is 5. The van der Waals surface area contributed by atoms with Gasteiger partial charge in [0.2, 0.25) is 0 Å². The van der Waals surface area contributed by atoms with Gasteiger partial charge in [-0.3, -0.25) is 0 Å². The van der Waals surface area contributed by atoms with Crippen molar-refractivity contribution in [1.82, 2.24) is 0 Å². The maximum absolute atomic E-state index is 5.18. The second-order valence-corrected chi connectivity index (χ2v) is 4.16. The number of halogens is 1. The summed E-state index contributed by atoms with van der Waals surface area (Å²) < 4.78 is 6.25. The molecule has 0 spiro atoms. The van der Waals surface area contributed by atoms with Gasteiger partial charge in [-0.2, -0.15) is 0 Å². The van der Waals surface area contributed by atoms with E-state index in [1.807, 2.05) is 19.1 Å². The Bertz CT molecular complexity index is 393. The van der Waals surface area contributed by atoms with E-state index in [0.29, 0.717) is 6.61 Å². The summed E-state index contributed by atoms with van der Waals surface area (Å²) in [7, 11) is 1.70. The van der Waals surface area contributed by atoms with Crippen LogP contribution in [0.25, 0.3) is 0 Å². The Kier molecular flexibility index (Phi) is 5.99. The number of nitrogens with one attached hydrogen (secondary N) is 1. The molecular formula is C13H16BrNO. The fourth-order valence-corrected chi connectivity index (χ4v) is 1.88. The minimum atomic E-state index is 0.600. The predicted octanol–water partition coefficient (Wildman–Crippen LogP) is 3.42. The second kappa shape index (κ2) is 7.32. The van der Waals surface area contributed by atoms with Crippen molar-refractivity contribution in [2.45, 2.75) is 20.0 Å². The van der Waals surface area contributed by atoms with Crippen molar-refractivity contribution in [2.24, 2.45) is 0 Å². The summed E-state index contributed by atoms with van der Waals surface area (Å²) in [5.41, 5.74) is 2.25. The van der Waals surface area contributed by atoms with Crippen molar-refractivity contribution in [2.75, 3.05) is 19.0 Å². The van der Waals surface area contributed by atoms with Crippen LogP contribution in [0.4, 0.5) is 5.69 Å². The van der Waals surface area contributed by atoms with Crippen LogP contribution in [0.3, 0.4) is 0 Å². The van der Waals surface area contributed by atoms with Crippen molar-refractivity contribution in [3.63, 3.8) is 0 Å². The molecule has 0 aliphatic carbocycles. The molecule has 0 atom stereocenters. The first-order chi connectivity index (χ1) is 7.79. The number of ether oxygens (including phenoxy) is 1. The Labute approximate surface area is 106 Å². The van der Waals surface area contributed by atoms with Gasteiger partial charge in [-0.15, -0.1) is 11.8 Å². The molecule has 1 aromatic rings. The first-order valence-corrected chi connectivity index (χ1v) is 5.98. The predicted molar refractivity (Wildman–Crippen MR) is 71.4 cm³/mol. The number of hydrogen-bond acceptors (Lipinski definition) is 2. The first kappa shape index (κ1) is 13.1. The van der Waals surface area contributed by atoms with Gasteiger partial charge in [0.1, 0.15) is 0 Å². The van der Waals surface area contributed by atoms with Gasteiger partial charge in [0.05, 0.1) is 6.61 Å². The normalized spacial score (nSPS) is 9.44. The number of methoxy groups -OCH3 is 1. The van der Waals surface area contributed by atoms with Crippen molar-refractivity contribution in [1.29, 1.82) is 0 Å². The summed E-state index contributed by atoms with van der Waals surface area (Å²) in [6.07, 6.45) is 0.857.